The average Bonchev–Trinajstić information content (AvgIpc) is 3.42. The molecule has 10 heteroatoms. The molecule has 10 nitrogen and oxygen atoms in total. The van der Waals surface area contributed by atoms with Gasteiger partial charge >= 0.3 is 0 Å². The van der Waals surface area contributed by atoms with E-state index in [4.69, 9.17) is 9.72 Å². The highest BCUT2D eigenvalue weighted by Crippen LogP contribution is 2.44. The molecule has 1 amide bonds. The van der Waals surface area contributed by atoms with Gasteiger partial charge in [-0.05, 0) is 31.7 Å². The molecule has 1 aliphatic carbocycles. The van der Waals surface area contributed by atoms with Gasteiger partial charge in [0.05, 0.1) is 18.9 Å². The Balaban J connectivity index is 1.23. The van der Waals surface area contributed by atoms with Crippen LogP contribution in [0.1, 0.15) is 41.0 Å². The van der Waals surface area contributed by atoms with Crippen LogP contribution in [0.15, 0.2) is 29.3 Å². The summed E-state index contributed by atoms with van der Waals surface area (Å²) in [5, 5.41) is 4.38. The lowest BCUT2D eigenvalue weighted by Gasteiger charge is -2.39. The van der Waals surface area contributed by atoms with Gasteiger partial charge in [0.2, 0.25) is 5.95 Å². The predicted molar refractivity (Wildman–Crippen MR) is 116 cm³/mol. The molecule has 2 aliphatic heterocycles. The predicted octanol–water partition coefficient (Wildman–Crippen LogP) is 0.769. The number of hydrogen-bond acceptors (Lipinski definition) is 7. The molecule has 3 aromatic rings. The summed E-state index contributed by atoms with van der Waals surface area (Å²) in [4.78, 5) is 42.0. The number of rotatable bonds is 2. The number of fused-ring (bicyclic) bond motifs is 3. The number of likely N-dealkylation sites (tertiary alicyclic amines) is 1. The molecule has 1 spiro atoms. The van der Waals surface area contributed by atoms with Crippen molar-refractivity contribution < 1.29 is 9.53 Å². The van der Waals surface area contributed by atoms with Crippen LogP contribution in [0, 0.1) is 0 Å². The van der Waals surface area contributed by atoms with Crippen molar-refractivity contribution in [3.63, 3.8) is 0 Å². The number of nitrogens with zero attached hydrogens (tertiary/aromatic N) is 6. The number of ether oxygens (including phenoxy) is 1. The third-order valence-electron chi connectivity index (χ3n) is 7.13. The summed E-state index contributed by atoms with van der Waals surface area (Å²) < 4.78 is 7.05. The smallest absolute Gasteiger partial charge is 0.274 e. The fourth-order valence-electron chi connectivity index (χ4n) is 5.29. The van der Waals surface area contributed by atoms with Gasteiger partial charge in [0.25, 0.3) is 11.5 Å². The lowest BCUT2D eigenvalue weighted by atomic mass is 9.76. The van der Waals surface area contributed by atoms with Crippen LogP contribution in [0.25, 0.3) is 5.65 Å². The fraction of sp³-hybridized carbons (Fsp3) is 0.500. The van der Waals surface area contributed by atoms with E-state index in [-0.39, 0.29) is 16.9 Å². The zero-order valence-corrected chi connectivity index (χ0v) is 17.8. The largest absolute Gasteiger partial charge is 0.378 e. The van der Waals surface area contributed by atoms with Crippen LogP contribution in [0.3, 0.4) is 0 Å². The Hall–Kier alpha value is -3.27. The van der Waals surface area contributed by atoms with E-state index in [0.29, 0.717) is 43.6 Å². The van der Waals surface area contributed by atoms with E-state index in [1.165, 1.54) is 0 Å². The first-order chi connectivity index (χ1) is 15.6. The first-order valence-corrected chi connectivity index (χ1v) is 11.2. The average molecular weight is 435 g/mol. The normalized spacial score (nSPS) is 20.1. The Morgan fingerprint density at radius 2 is 1.94 bits per heavy atom. The van der Waals surface area contributed by atoms with Gasteiger partial charge in [-0.3, -0.25) is 14.6 Å². The van der Waals surface area contributed by atoms with E-state index in [0.717, 1.165) is 50.0 Å². The van der Waals surface area contributed by atoms with Gasteiger partial charge in [-0.1, -0.05) is 0 Å². The fourth-order valence-corrected chi connectivity index (χ4v) is 5.29. The lowest BCUT2D eigenvalue weighted by molar-refractivity contribution is 0.0657. The molecule has 0 bridgehead atoms. The summed E-state index contributed by atoms with van der Waals surface area (Å²) in [5.41, 5.74) is 2.66. The molecule has 2 fully saturated rings. The van der Waals surface area contributed by atoms with Crippen molar-refractivity contribution in [1.82, 2.24) is 29.5 Å². The van der Waals surface area contributed by atoms with E-state index in [1.54, 1.807) is 29.0 Å². The Bertz CT molecular complexity index is 1200. The summed E-state index contributed by atoms with van der Waals surface area (Å²) in [6.45, 7) is 3.99. The molecule has 0 aromatic carbocycles. The number of carbonyl (C=O) groups excluding carboxylic acids is 1. The Labute approximate surface area is 184 Å². The van der Waals surface area contributed by atoms with E-state index in [9.17, 15) is 9.59 Å². The second-order valence-electron chi connectivity index (χ2n) is 8.84. The van der Waals surface area contributed by atoms with Crippen molar-refractivity contribution >= 4 is 17.5 Å². The minimum Gasteiger partial charge on any atom is -0.378 e. The first-order valence-electron chi connectivity index (χ1n) is 11.2. The summed E-state index contributed by atoms with van der Waals surface area (Å²) >= 11 is 0. The van der Waals surface area contributed by atoms with Crippen LogP contribution in [0.4, 0.5) is 5.95 Å². The monoisotopic (exact) mass is 435 g/mol. The minimum atomic E-state index is -0.137. The molecule has 166 valence electrons. The molecule has 0 saturated carbocycles. The van der Waals surface area contributed by atoms with Crippen molar-refractivity contribution in [2.45, 2.75) is 31.1 Å². The summed E-state index contributed by atoms with van der Waals surface area (Å²) in [6, 6.07) is 3.52. The van der Waals surface area contributed by atoms with Crippen LogP contribution in [-0.2, 0) is 16.6 Å². The maximum absolute atomic E-state index is 13.1. The standard InChI is InChI=1S/C22H25N7O3/c30-19-15-2-3-22(18(15)24-21(25-19)28-10-12-32-13-11-28)4-8-27(9-5-22)20(31)16-14-17-23-6-1-7-29(17)26-16/h1,6-7,14H,2-5,8-13H2,(H,24,25,30). The van der Waals surface area contributed by atoms with Gasteiger partial charge in [-0.15, -0.1) is 0 Å². The number of aromatic nitrogens is 5. The number of morpholine rings is 1. The third-order valence-corrected chi connectivity index (χ3v) is 7.13. The molecular formula is C22H25N7O3. The van der Waals surface area contributed by atoms with Crippen LogP contribution in [0.5, 0.6) is 0 Å². The van der Waals surface area contributed by atoms with Crippen molar-refractivity contribution in [1.29, 1.82) is 0 Å². The Morgan fingerprint density at radius 3 is 2.72 bits per heavy atom. The molecule has 0 radical (unpaired) electrons. The van der Waals surface area contributed by atoms with Crippen LogP contribution < -0.4 is 10.5 Å². The van der Waals surface area contributed by atoms with Crippen molar-refractivity contribution in [2.24, 2.45) is 0 Å². The summed E-state index contributed by atoms with van der Waals surface area (Å²) in [5.74, 6) is 0.575. The zero-order valence-electron chi connectivity index (χ0n) is 17.8. The second-order valence-corrected chi connectivity index (χ2v) is 8.84. The van der Waals surface area contributed by atoms with Crippen LogP contribution in [-0.4, -0.2) is 74.8 Å². The SMILES string of the molecule is O=C(c1cc2ncccn2n1)N1CCC2(CCc3c2nc(N2CCOCC2)[nH]c3=O)CC1. The number of piperidine rings is 1. The van der Waals surface area contributed by atoms with Gasteiger partial charge in [-0.2, -0.15) is 5.10 Å². The minimum absolute atomic E-state index is 0.0240. The third kappa shape index (κ3) is 3.09. The van der Waals surface area contributed by atoms with Crippen LogP contribution in [0.2, 0.25) is 0 Å². The molecule has 1 N–H and O–H groups in total. The highest BCUT2D eigenvalue weighted by Gasteiger charge is 2.45. The molecule has 5 heterocycles. The second kappa shape index (κ2) is 7.40. The van der Waals surface area contributed by atoms with Gasteiger partial charge in [-0.25, -0.2) is 14.5 Å². The molecule has 3 aliphatic rings. The van der Waals surface area contributed by atoms with E-state index in [1.807, 2.05) is 4.90 Å². The van der Waals surface area contributed by atoms with E-state index in [2.05, 4.69) is 20.0 Å². The number of nitrogens with one attached hydrogen (secondary N) is 1. The van der Waals surface area contributed by atoms with Crippen molar-refractivity contribution in [3.05, 3.63) is 51.8 Å². The van der Waals surface area contributed by atoms with Gasteiger partial charge in [0.15, 0.2) is 11.3 Å². The van der Waals surface area contributed by atoms with Crippen molar-refractivity contribution in [3.8, 4) is 0 Å². The maximum Gasteiger partial charge on any atom is 0.274 e. The Kier molecular flexibility index (Phi) is 4.49. The quantitative estimate of drug-likeness (QED) is 0.633. The molecule has 3 aromatic heterocycles. The topological polar surface area (TPSA) is 109 Å². The number of amides is 1. The summed E-state index contributed by atoms with van der Waals surface area (Å²) in [6.07, 6.45) is 6.73. The lowest BCUT2D eigenvalue weighted by Crippen LogP contribution is -2.45. The van der Waals surface area contributed by atoms with Gasteiger partial charge in [0.1, 0.15) is 0 Å². The van der Waals surface area contributed by atoms with Crippen molar-refractivity contribution in [2.75, 3.05) is 44.3 Å². The molecule has 6 rings (SSSR count). The number of aromatic amines is 1. The molecular weight excluding hydrogens is 410 g/mol. The molecule has 0 unspecified atom stereocenters. The number of H-pyrrole nitrogens is 1. The van der Waals surface area contributed by atoms with E-state index < -0.39 is 0 Å². The highest BCUT2D eigenvalue weighted by molar-refractivity contribution is 5.93. The van der Waals surface area contributed by atoms with E-state index >= 15 is 0 Å². The van der Waals surface area contributed by atoms with Gasteiger partial charge in [0, 0.05) is 55.6 Å². The summed E-state index contributed by atoms with van der Waals surface area (Å²) in [7, 11) is 0. The van der Waals surface area contributed by atoms with Gasteiger partial charge < -0.3 is 14.5 Å². The Morgan fingerprint density at radius 1 is 1.12 bits per heavy atom. The highest BCUT2D eigenvalue weighted by atomic mass is 16.5. The number of hydrogen-bond donors (Lipinski definition) is 1. The molecule has 2 saturated heterocycles. The number of carbonyl (C=O) groups is 1. The van der Waals surface area contributed by atoms with Crippen LogP contribution >= 0.6 is 0 Å². The molecule has 32 heavy (non-hydrogen) atoms. The number of anilines is 1. The zero-order chi connectivity index (χ0) is 21.7. The first kappa shape index (κ1) is 19.4. The molecule has 0 atom stereocenters. The maximum atomic E-state index is 13.1.